The van der Waals surface area contributed by atoms with Gasteiger partial charge in [-0.05, 0) is 39.0 Å². The van der Waals surface area contributed by atoms with Crippen molar-refractivity contribution in [3.63, 3.8) is 0 Å². The van der Waals surface area contributed by atoms with Crippen LogP contribution in [0.15, 0.2) is 6.20 Å². The van der Waals surface area contributed by atoms with E-state index < -0.39 is 5.54 Å². The summed E-state index contributed by atoms with van der Waals surface area (Å²) in [6, 6.07) is -0.101. The number of hydrogen-bond acceptors (Lipinski definition) is 4. The molecular formula is C14H21N5O2. The molecule has 2 fully saturated rings. The predicted molar refractivity (Wildman–Crippen MR) is 75.5 cm³/mol. The summed E-state index contributed by atoms with van der Waals surface area (Å²) in [6.07, 6.45) is 5.24. The van der Waals surface area contributed by atoms with E-state index in [1.807, 2.05) is 13.8 Å². The molecule has 114 valence electrons. The molecule has 7 heteroatoms. The van der Waals surface area contributed by atoms with Gasteiger partial charge in [-0.25, -0.2) is 0 Å². The van der Waals surface area contributed by atoms with E-state index in [2.05, 4.69) is 20.9 Å². The average molecular weight is 291 g/mol. The molecule has 1 aromatic heterocycles. The van der Waals surface area contributed by atoms with Crippen molar-refractivity contribution < 1.29 is 9.59 Å². The zero-order chi connectivity index (χ0) is 15.0. The van der Waals surface area contributed by atoms with Crippen LogP contribution in [0.1, 0.15) is 50.0 Å². The first-order valence-electron chi connectivity index (χ1n) is 7.46. The summed E-state index contributed by atoms with van der Waals surface area (Å²) in [6.45, 7) is 4.67. The van der Waals surface area contributed by atoms with Crippen LogP contribution in [-0.2, 0) is 11.3 Å². The fourth-order valence-electron chi connectivity index (χ4n) is 2.69. The molecule has 1 atom stereocenters. The van der Waals surface area contributed by atoms with Gasteiger partial charge in [-0.2, -0.15) is 0 Å². The minimum Gasteiger partial charge on any atom is -0.349 e. The van der Waals surface area contributed by atoms with Crippen molar-refractivity contribution in [3.05, 3.63) is 11.9 Å². The number of carbonyl (C=O) groups is 2. The molecule has 1 aromatic rings. The summed E-state index contributed by atoms with van der Waals surface area (Å²) < 4.78 is 1.74. The minimum absolute atomic E-state index is 0.0286. The van der Waals surface area contributed by atoms with Crippen LogP contribution >= 0.6 is 0 Å². The van der Waals surface area contributed by atoms with E-state index in [0.29, 0.717) is 24.5 Å². The molecule has 1 saturated carbocycles. The third-order valence-corrected chi connectivity index (χ3v) is 4.21. The van der Waals surface area contributed by atoms with Crippen molar-refractivity contribution in [2.75, 3.05) is 0 Å². The standard InChI is InChI=1S/C14H21N5O2/c1-14(2)11(5-6-12(20)16-14)15-13(21)10-8-19(18-17-10)7-9-3-4-9/h8-9,11H,3-7H2,1-2H3,(H,15,21)(H,16,20). The Labute approximate surface area is 123 Å². The van der Waals surface area contributed by atoms with E-state index in [9.17, 15) is 9.59 Å². The number of nitrogens with one attached hydrogen (secondary N) is 2. The van der Waals surface area contributed by atoms with Gasteiger partial charge in [0.1, 0.15) is 0 Å². The van der Waals surface area contributed by atoms with E-state index in [0.717, 1.165) is 6.54 Å². The summed E-state index contributed by atoms with van der Waals surface area (Å²) in [4.78, 5) is 23.7. The Morgan fingerprint density at radius 3 is 2.90 bits per heavy atom. The van der Waals surface area contributed by atoms with Gasteiger partial charge in [0.05, 0.1) is 17.8 Å². The van der Waals surface area contributed by atoms with Crippen molar-refractivity contribution >= 4 is 11.8 Å². The van der Waals surface area contributed by atoms with Gasteiger partial charge in [-0.15, -0.1) is 5.10 Å². The molecule has 1 aliphatic carbocycles. The number of carbonyl (C=O) groups excluding carboxylic acids is 2. The van der Waals surface area contributed by atoms with E-state index in [-0.39, 0.29) is 17.9 Å². The molecule has 21 heavy (non-hydrogen) atoms. The summed E-state index contributed by atoms with van der Waals surface area (Å²) in [5.41, 5.74) is -0.113. The van der Waals surface area contributed by atoms with E-state index in [4.69, 9.17) is 0 Å². The predicted octanol–water partition coefficient (Wildman–Crippen LogP) is 0.475. The molecule has 2 aliphatic rings. The topological polar surface area (TPSA) is 88.9 Å². The molecule has 2 N–H and O–H groups in total. The summed E-state index contributed by atoms with van der Waals surface area (Å²) in [7, 11) is 0. The fraction of sp³-hybridized carbons (Fsp3) is 0.714. The number of hydrogen-bond donors (Lipinski definition) is 2. The van der Waals surface area contributed by atoms with Crippen LogP contribution in [0.5, 0.6) is 0 Å². The number of nitrogens with zero attached hydrogens (tertiary/aromatic N) is 3. The Kier molecular flexibility index (Phi) is 3.43. The van der Waals surface area contributed by atoms with Crippen LogP contribution in [0, 0.1) is 5.92 Å². The van der Waals surface area contributed by atoms with E-state index in [1.54, 1.807) is 10.9 Å². The first-order chi connectivity index (χ1) is 9.94. The first-order valence-corrected chi connectivity index (χ1v) is 7.46. The van der Waals surface area contributed by atoms with Crippen molar-refractivity contribution in [3.8, 4) is 0 Å². The zero-order valence-corrected chi connectivity index (χ0v) is 12.4. The second kappa shape index (κ2) is 5.13. The molecular weight excluding hydrogens is 270 g/mol. The Balaban J connectivity index is 1.62. The van der Waals surface area contributed by atoms with Crippen molar-refractivity contribution in [1.82, 2.24) is 25.6 Å². The van der Waals surface area contributed by atoms with Gasteiger partial charge in [-0.1, -0.05) is 5.21 Å². The molecule has 1 aliphatic heterocycles. The highest BCUT2D eigenvalue weighted by Crippen LogP contribution is 2.30. The molecule has 1 saturated heterocycles. The highest BCUT2D eigenvalue weighted by Gasteiger charge is 2.36. The normalized spacial score (nSPS) is 24.5. The van der Waals surface area contributed by atoms with Crippen molar-refractivity contribution in [2.45, 2.75) is 57.7 Å². The summed E-state index contributed by atoms with van der Waals surface area (Å²) in [5, 5.41) is 13.8. The van der Waals surface area contributed by atoms with Gasteiger partial charge in [-0.3, -0.25) is 14.3 Å². The lowest BCUT2D eigenvalue weighted by atomic mass is 9.87. The van der Waals surface area contributed by atoms with Gasteiger partial charge in [0.2, 0.25) is 5.91 Å². The largest absolute Gasteiger partial charge is 0.349 e. The maximum Gasteiger partial charge on any atom is 0.273 e. The lowest BCUT2D eigenvalue weighted by Gasteiger charge is -2.39. The zero-order valence-electron chi connectivity index (χ0n) is 12.4. The highest BCUT2D eigenvalue weighted by molar-refractivity contribution is 5.92. The van der Waals surface area contributed by atoms with Gasteiger partial charge in [0.25, 0.3) is 5.91 Å². The highest BCUT2D eigenvalue weighted by atomic mass is 16.2. The van der Waals surface area contributed by atoms with Gasteiger partial charge < -0.3 is 10.6 Å². The van der Waals surface area contributed by atoms with Crippen molar-refractivity contribution in [1.29, 1.82) is 0 Å². The second-order valence-corrected chi connectivity index (χ2v) is 6.60. The molecule has 2 amide bonds. The Morgan fingerprint density at radius 1 is 1.48 bits per heavy atom. The molecule has 3 rings (SSSR count). The fourth-order valence-corrected chi connectivity index (χ4v) is 2.69. The van der Waals surface area contributed by atoms with Crippen molar-refractivity contribution in [2.24, 2.45) is 5.92 Å². The van der Waals surface area contributed by atoms with E-state index >= 15 is 0 Å². The van der Waals surface area contributed by atoms with Gasteiger partial charge in [0, 0.05) is 13.0 Å². The maximum atomic E-state index is 12.3. The van der Waals surface area contributed by atoms with Crippen LogP contribution in [0.25, 0.3) is 0 Å². The molecule has 7 nitrogen and oxygen atoms in total. The number of amides is 2. The quantitative estimate of drug-likeness (QED) is 0.844. The molecule has 0 bridgehead atoms. The third kappa shape index (κ3) is 3.22. The van der Waals surface area contributed by atoms with Crippen LogP contribution in [-0.4, -0.2) is 38.4 Å². The first kappa shape index (κ1) is 14.0. The van der Waals surface area contributed by atoms with Gasteiger partial charge >= 0.3 is 0 Å². The Morgan fingerprint density at radius 2 is 2.24 bits per heavy atom. The molecule has 1 unspecified atom stereocenters. The molecule has 0 aromatic carbocycles. The summed E-state index contributed by atoms with van der Waals surface area (Å²) in [5.74, 6) is 0.488. The maximum absolute atomic E-state index is 12.3. The van der Waals surface area contributed by atoms with Gasteiger partial charge in [0.15, 0.2) is 5.69 Å². The Bertz CT molecular complexity index is 561. The molecule has 0 spiro atoms. The average Bonchev–Trinajstić information content (AvgIpc) is 3.07. The molecule has 2 heterocycles. The van der Waals surface area contributed by atoms with E-state index in [1.165, 1.54) is 12.8 Å². The third-order valence-electron chi connectivity index (χ3n) is 4.21. The number of aromatic nitrogens is 3. The lowest BCUT2D eigenvalue weighted by Crippen LogP contribution is -2.62. The van der Waals surface area contributed by atoms with Crippen LogP contribution in [0.2, 0.25) is 0 Å². The summed E-state index contributed by atoms with van der Waals surface area (Å²) >= 11 is 0. The van der Waals surface area contributed by atoms with Crippen LogP contribution in [0.4, 0.5) is 0 Å². The number of piperidine rings is 1. The van der Waals surface area contributed by atoms with Crippen LogP contribution < -0.4 is 10.6 Å². The smallest absolute Gasteiger partial charge is 0.273 e. The lowest BCUT2D eigenvalue weighted by molar-refractivity contribution is -0.125. The Hall–Kier alpha value is -1.92. The monoisotopic (exact) mass is 291 g/mol. The minimum atomic E-state index is -0.449. The number of rotatable bonds is 4. The molecule has 0 radical (unpaired) electrons. The second-order valence-electron chi connectivity index (χ2n) is 6.60. The van der Waals surface area contributed by atoms with Crippen LogP contribution in [0.3, 0.4) is 0 Å². The SMILES string of the molecule is CC1(C)NC(=O)CCC1NC(=O)c1cn(CC2CC2)nn1.